The SMILES string of the molecule is Cc1nc(CCNCc2cn(C)c3ccccc23)no1. The van der Waals surface area contributed by atoms with Crippen molar-refractivity contribution in [2.24, 2.45) is 7.05 Å². The van der Waals surface area contributed by atoms with Crippen molar-refractivity contribution in [3.05, 3.63) is 47.7 Å². The second-order valence-corrected chi connectivity index (χ2v) is 4.94. The largest absolute Gasteiger partial charge is 0.350 e. The second kappa shape index (κ2) is 5.46. The number of hydrogen-bond donors (Lipinski definition) is 1. The van der Waals surface area contributed by atoms with Gasteiger partial charge in [0.2, 0.25) is 5.89 Å². The summed E-state index contributed by atoms with van der Waals surface area (Å²) >= 11 is 0. The van der Waals surface area contributed by atoms with Gasteiger partial charge in [-0.15, -0.1) is 0 Å². The molecule has 3 aromatic rings. The molecule has 104 valence electrons. The van der Waals surface area contributed by atoms with Crippen LogP contribution in [0.5, 0.6) is 0 Å². The van der Waals surface area contributed by atoms with Gasteiger partial charge in [0.1, 0.15) is 0 Å². The maximum absolute atomic E-state index is 4.95. The number of nitrogens with one attached hydrogen (secondary N) is 1. The Hall–Kier alpha value is -2.14. The van der Waals surface area contributed by atoms with Gasteiger partial charge in [-0.1, -0.05) is 23.4 Å². The monoisotopic (exact) mass is 270 g/mol. The number of benzene rings is 1. The molecule has 0 aliphatic heterocycles. The summed E-state index contributed by atoms with van der Waals surface area (Å²) in [4.78, 5) is 4.19. The fourth-order valence-electron chi connectivity index (χ4n) is 2.43. The highest BCUT2D eigenvalue weighted by atomic mass is 16.5. The summed E-state index contributed by atoms with van der Waals surface area (Å²) in [5.74, 6) is 1.38. The Morgan fingerprint density at radius 3 is 2.95 bits per heavy atom. The fourth-order valence-corrected chi connectivity index (χ4v) is 2.43. The lowest BCUT2D eigenvalue weighted by molar-refractivity contribution is 0.387. The lowest BCUT2D eigenvalue weighted by atomic mass is 10.2. The summed E-state index contributed by atoms with van der Waals surface area (Å²) < 4.78 is 7.11. The van der Waals surface area contributed by atoms with Crippen LogP contribution in [0.1, 0.15) is 17.3 Å². The van der Waals surface area contributed by atoms with Crippen molar-refractivity contribution in [2.75, 3.05) is 6.54 Å². The number of aromatic nitrogens is 3. The van der Waals surface area contributed by atoms with Crippen LogP contribution in [0, 0.1) is 6.92 Å². The van der Waals surface area contributed by atoms with Gasteiger partial charge in [0.05, 0.1) is 0 Å². The number of hydrogen-bond acceptors (Lipinski definition) is 4. The molecule has 0 spiro atoms. The van der Waals surface area contributed by atoms with Crippen LogP contribution in [-0.4, -0.2) is 21.3 Å². The summed E-state index contributed by atoms with van der Waals surface area (Å²) in [5, 5.41) is 8.62. The Balaban J connectivity index is 1.60. The zero-order valence-corrected chi connectivity index (χ0v) is 11.8. The Labute approximate surface area is 117 Å². The first-order valence-electron chi connectivity index (χ1n) is 6.77. The van der Waals surface area contributed by atoms with Crippen LogP contribution in [0.2, 0.25) is 0 Å². The molecular weight excluding hydrogens is 252 g/mol. The molecular formula is C15H18N4O. The fraction of sp³-hybridized carbons (Fsp3) is 0.333. The third-order valence-corrected chi connectivity index (χ3v) is 3.39. The van der Waals surface area contributed by atoms with Crippen molar-refractivity contribution >= 4 is 10.9 Å². The van der Waals surface area contributed by atoms with E-state index in [0.717, 1.165) is 25.3 Å². The predicted octanol–water partition coefficient (Wildman–Crippen LogP) is 2.20. The number of rotatable bonds is 5. The van der Waals surface area contributed by atoms with Crippen LogP contribution < -0.4 is 5.32 Å². The standard InChI is InChI=1S/C15H18N4O/c1-11-17-15(18-20-11)7-8-16-9-12-10-19(2)14-6-4-3-5-13(12)14/h3-6,10,16H,7-9H2,1-2H3. The zero-order valence-electron chi connectivity index (χ0n) is 11.8. The van der Waals surface area contributed by atoms with Gasteiger partial charge in [0.15, 0.2) is 5.82 Å². The van der Waals surface area contributed by atoms with E-state index >= 15 is 0 Å². The first-order valence-corrected chi connectivity index (χ1v) is 6.77. The first-order chi connectivity index (χ1) is 9.74. The van der Waals surface area contributed by atoms with E-state index in [4.69, 9.17) is 4.52 Å². The number of aryl methyl sites for hydroxylation is 2. The second-order valence-electron chi connectivity index (χ2n) is 4.94. The molecule has 0 aliphatic carbocycles. The Morgan fingerprint density at radius 1 is 1.30 bits per heavy atom. The van der Waals surface area contributed by atoms with Gasteiger partial charge in [-0.25, -0.2) is 0 Å². The first kappa shape index (κ1) is 12.9. The summed E-state index contributed by atoms with van der Waals surface area (Å²) in [6.07, 6.45) is 2.96. The minimum Gasteiger partial charge on any atom is -0.350 e. The van der Waals surface area contributed by atoms with Crippen molar-refractivity contribution < 1.29 is 4.52 Å². The average Bonchev–Trinajstić information content (AvgIpc) is 3.00. The van der Waals surface area contributed by atoms with Crippen molar-refractivity contribution in [3.63, 3.8) is 0 Å². The van der Waals surface area contributed by atoms with E-state index in [2.05, 4.69) is 57.5 Å². The highest BCUT2D eigenvalue weighted by molar-refractivity contribution is 5.83. The summed E-state index contributed by atoms with van der Waals surface area (Å²) in [6.45, 7) is 3.49. The van der Waals surface area contributed by atoms with Gasteiger partial charge >= 0.3 is 0 Å². The van der Waals surface area contributed by atoms with Gasteiger partial charge in [-0.3, -0.25) is 0 Å². The molecule has 1 aromatic carbocycles. The summed E-state index contributed by atoms with van der Waals surface area (Å²) in [7, 11) is 2.08. The molecule has 0 saturated heterocycles. The van der Waals surface area contributed by atoms with Crippen molar-refractivity contribution in [1.82, 2.24) is 20.0 Å². The zero-order chi connectivity index (χ0) is 13.9. The molecule has 0 atom stereocenters. The topological polar surface area (TPSA) is 55.9 Å². The molecule has 2 heterocycles. The Morgan fingerprint density at radius 2 is 2.15 bits per heavy atom. The van der Waals surface area contributed by atoms with Gasteiger partial charge in [0, 0.05) is 50.6 Å². The molecule has 2 aromatic heterocycles. The van der Waals surface area contributed by atoms with Gasteiger partial charge in [0.25, 0.3) is 0 Å². The highest BCUT2D eigenvalue weighted by Crippen LogP contribution is 2.19. The highest BCUT2D eigenvalue weighted by Gasteiger charge is 2.06. The van der Waals surface area contributed by atoms with E-state index in [1.807, 2.05) is 0 Å². The Bertz CT molecular complexity index is 714. The van der Waals surface area contributed by atoms with Crippen LogP contribution in [0.4, 0.5) is 0 Å². The maximum atomic E-state index is 4.95. The third kappa shape index (κ3) is 2.58. The van der Waals surface area contributed by atoms with E-state index in [1.54, 1.807) is 6.92 Å². The van der Waals surface area contributed by atoms with Crippen LogP contribution in [0.3, 0.4) is 0 Å². The van der Waals surface area contributed by atoms with Crippen LogP contribution in [-0.2, 0) is 20.0 Å². The Kier molecular flexibility index (Phi) is 3.52. The van der Waals surface area contributed by atoms with E-state index in [0.29, 0.717) is 5.89 Å². The normalized spacial score (nSPS) is 11.3. The average molecular weight is 270 g/mol. The van der Waals surface area contributed by atoms with Gasteiger partial charge in [-0.05, 0) is 11.6 Å². The number of para-hydroxylation sites is 1. The minimum absolute atomic E-state index is 0.619. The number of nitrogens with zero attached hydrogens (tertiary/aromatic N) is 3. The van der Waals surface area contributed by atoms with Crippen molar-refractivity contribution in [3.8, 4) is 0 Å². The van der Waals surface area contributed by atoms with E-state index in [-0.39, 0.29) is 0 Å². The summed E-state index contributed by atoms with van der Waals surface area (Å²) in [6, 6.07) is 8.45. The molecule has 0 fully saturated rings. The van der Waals surface area contributed by atoms with Crippen molar-refractivity contribution in [1.29, 1.82) is 0 Å². The molecule has 0 aliphatic rings. The lowest BCUT2D eigenvalue weighted by Crippen LogP contribution is -2.17. The molecule has 0 unspecified atom stereocenters. The molecule has 0 saturated carbocycles. The van der Waals surface area contributed by atoms with Gasteiger partial charge in [-0.2, -0.15) is 4.98 Å². The van der Waals surface area contributed by atoms with Gasteiger partial charge < -0.3 is 14.4 Å². The molecule has 0 radical (unpaired) electrons. The molecule has 0 amide bonds. The predicted molar refractivity (Wildman–Crippen MR) is 77.4 cm³/mol. The van der Waals surface area contributed by atoms with Crippen LogP contribution in [0.25, 0.3) is 10.9 Å². The molecule has 0 bridgehead atoms. The third-order valence-electron chi connectivity index (χ3n) is 3.39. The lowest BCUT2D eigenvalue weighted by Gasteiger charge is -2.01. The quantitative estimate of drug-likeness (QED) is 0.722. The number of fused-ring (bicyclic) bond motifs is 1. The molecule has 5 nitrogen and oxygen atoms in total. The summed E-state index contributed by atoms with van der Waals surface area (Å²) in [5.41, 5.74) is 2.57. The molecule has 20 heavy (non-hydrogen) atoms. The van der Waals surface area contributed by atoms with Crippen LogP contribution in [0.15, 0.2) is 35.0 Å². The van der Waals surface area contributed by atoms with E-state index in [1.165, 1.54) is 16.5 Å². The minimum atomic E-state index is 0.619. The van der Waals surface area contributed by atoms with E-state index < -0.39 is 0 Å². The molecule has 1 N–H and O–H groups in total. The molecule has 3 rings (SSSR count). The van der Waals surface area contributed by atoms with Crippen molar-refractivity contribution in [2.45, 2.75) is 19.9 Å². The smallest absolute Gasteiger partial charge is 0.223 e. The molecule has 5 heteroatoms. The maximum Gasteiger partial charge on any atom is 0.223 e. The van der Waals surface area contributed by atoms with E-state index in [9.17, 15) is 0 Å². The van der Waals surface area contributed by atoms with Crippen LogP contribution >= 0.6 is 0 Å².